The average Bonchev–Trinajstić information content (AvgIpc) is 2.69. The van der Waals surface area contributed by atoms with Gasteiger partial charge in [-0.2, -0.15) is 0 Å². The van der Waals surface area contributed by atoms with Gasteiger partial charge in [-0.3, -0.25) is 4.79 Å². The van der Waals surface area contributed by atoms with Gasteiger partial charge in [0.1, 0.15) is 5.82 Å². The van der Waals surface area contributed by atoms with Crippen molar-refractivity contribution in [1.82, 2.24) is 0 Å². The molecule has 0 fully saturated rings. The number of hydrogen-bond acceptors (Lipinski definition) is 2. The van der Waals surface area contributed by atoms with Crippen molar-refractivity contribution in [3.63, 3.8) is 0 Å². The van der Waals surface area contributed by atoms with Gasteiger partial charge in [0, 0.05) is 13.1 Å². The fourth-order valence-corrected chi connectivity index (χ4v) is 2.73. The van der Waals surface area contributed by atoms with Crippen LogP contribution >= 0.6 is 11.6 Å². The third-order valence-corrected chi connectivity index (χ3v) is 3.81. The van der Waals surface area contributed by atoms with Gasteiger partial charge in [-0.15, -0.1) is 0 Å². The first-order valence-corrected chi connectivity index (χ1v) is 7.15. The molecule has 2 aromatic carbocycles. The minimum absolute atomic E-state index is 0.0733. The maximum atomic E-state index is 14.0. The number of hydrogen-bond donors (Lipinski definition) is 1. The Kier molecular flexibility index (Phi) is 3.80. The molecule has 2 aromatic rings. The number of nitrogens with one attached hydrogen (secondary N) is 1. The Morgan fingerprint density at radius 1 is 1.19 bits per heavy atom. The second-order valence-electron chi connectivity index (χ2n) is 4.85. The smallest absolute Gasteiger partial charge is 0.262 e. The van der Waals surface area contributed by atoms with Crippen molar-refractivity contribution in [3.8, 4) is 0 Å². The van der Waals surface area contributed by atoms with E-state index in [-0.39, 0.29) is 10.6 Å². The molecule has 0 bridgehead atoms. The van der Waals surface area contributed by atoms with E-state index >= 15 is 0 Å². The van der Waals surface area contributed by atoms with E-state index in [4.69, 9.17) is 11.6 Å². The highest BCUT2D eigenvalue weighted by Crippen LogP contribution is 2.31. The second kappa shape index (κ2) is 5.74. The van der Waals surface area contributed by atoms with E-state index in [2.05, 4.69) is 5.32 Å². The van der Waals surface area contributed by atoms with Crippen molar-refractivity contribution in [2.45, 2.75) is 6.42 Å². The van der Waals surface area contributed by atoms with Crippen LogP contribution in [0.4, 0.5) is 15.8 Å². The Labute approximate surface area is 127 Å². The summed E-state index contributed by atoms with van der Waals surface area (Å²) in [5.74, 6) is -1.00. The van der Waals surface area contributed by atoms with Crippen LogP contribution in [-0.2, 0) is 0 Å². The largest absolute Gasteiger partial charge is 0.383 e. The van der Waals surface area contributed by atoms with E-state index in [1.54, 1.807) is 4.90 Å². The SMILES string of the molecule is O=C(c1c(F)cccc1Cl)N1CCCNc2ccccc21. The van der Waals surface area contributed by atoms with Crippen LogP contribution in [0.25, 0.3) is 0 Å². The summed E-state index contributed by atoms with van der Waals surface area (Å²) in [6.07, 6.45) is 0.784. The van der Waals surface area contributed by atoms with Crippen LogP contribution in [-0.4, -0.2) is 19.0 Å². The number of amides is 1. The van der Waals surface area contributed by atoms with Crippen LogP contribution in [0, 0.1) is 5.82 Å². The Morgan fingerprint density at radius 3 is 2.81 bits per heavy atom. The standard InChI is InChI=1S/C16H14ClFN2O/c17-11-5-3-6-12(18)15(11)16(21)20-10-4-9-19-13-7-1-2-8-14(13)20/h1-3,5-8,19H,4,9-10H2. The third-order valence-electron chi connectivity index (χ3n) is 3.49. The molecule has 0 atom stereocenters. The maximum Gasteiger partial charge on any atom is 0.262 e. The number of fused-ring (bicyclic) bond motifs is 1. The summed E-state index contributed by atoms with van der Waals surface area (Å²) in [7, 11) is 0. The van der Waals surface area contributed by atoms with E-state index in [9.17, 15) is 9.18 Å². The Morgan fingerprint density at radius 2 is 2.00 bits per heavy atom. The van der Waals surface area contributed by atoms with Crippen molar-refractivity contribution < 1.29 is 9.18 Å². The number of halogens is 2. The van der Waals surface area contributed by atoms with Crippen molar-refractivity contribution in [1.29, 1.82) is 0 Å². The summed E-state index contributed by atoms with van der Waals surface area (Å²) >= 11 is 6.01. The van der Waals surface area contributed by atoms with Crippen molar-refractivity contribution in [3.05, 3.63) is 58.9 Å². The van der Waals surface area contributed by atoms with Crippen LogP contribution in [0.5, 0.6) is 0 Å². The summed E-state index contributed by atoms with van der Waals surface area (Å²) in [5.41, 5.74) is 1.55. The van der Waals surface area contributed by atoms with Gasteiger partial charge in [0.05, 0.1) is 22.0 Å². The van der Waals surface area contributed by atoms with Gasteiger partial charge < -0.3 is 10.2 Å². The number of anilines is 2. The highest BCUT2D eigenvalue weighted by molar-refractivity contribution is 6.34. The van der Waals surface area contributed by atoms with Gasteiger partial charge in [0.15, 0.2) is 0 Å². The van der Waals surface area contributed by atoms with E-state index in [0.717, 1.165) is 24.3 Å². The summed E-state index contributed by atoms with van der Waals surface area (Å²) in [4.78, 5) is 14.3. The maximum absolute atomic E-state index is 14.0. The summed E-state index contributed by atoms with van der Waals surface area (Å²) in [6, 6.07) is 11.8. The second-order valence-corrected chi connectivity index (χ2v) is 5.26. The third kappa shape index (κ3) is 2.59. The molecule has 0 aromatic heterocycles. The van der Waals surface area contributed by atoms with Crippen LogP contribution in [0.3, 0.4) is 0 Å². The quantitative estimate of drug-likeness (QED) is 0.865. The Hall–Kier alpha value is -2.07. The molecule has 0 radical (unpaired) electrons. The van der Waals surface area contributed by atoms with E-state index < -0.39 is 11.7 Å². The topological polar surface area (TPSA) is 32.3 Å². The van der Waals surface area contributed by atoms with Crippen LogP contribution in [0.15, 0.2) is 42.5 Å². The lowest BCUT2D eigenvalue weighted by atomic mass is 10.1. The molecule has 21 heavy (non-hydrogen) atoms. The van der Waals surface area contributed by atoms with Gasteiger partial charge in [-0.25, -0.2) is 4.39 Å². The molecule has 5 heteroatoms. The zero-order chi connectivity index (χ0) is 14.8. The number of carbonyl (C=O) groups excluding carboxylic acids is 1. The van der Waals surface area contributed by atoms with Crippen LogP contribution < -0.4 is 10.2 Å². The first kappa shape index (κ1) is 13.9. The average molecular weight is 305 g/mol. The lowest BCUT2D eigenvalue weighted by Crippen LogP contribution is -2.32. The fourth-order valence-electron chi connectivity index (χ4n) is 2.49. The molecule has 108 valence electrons. The van der Waals surface area contributed by atoms with Crippen LogP contribution in [0.2, 0.25) is 5.02 Å². The minimum Gasteiger partial charge on any atom is -0.383 e. The molecule has 1 amide bonds. The highest BCUT2D eigenvalue weighted by atomic mass is 35.5. The number of rotatable bonds is 1. The number of para-hydroxylation sites is 2. The molecule has 0 aliphatic carbocycles. The predicted octanol–water partition coefficient (Wildman–Crippen LogP) is 3.94. The molecule has 0 saturated carbocycles. The van der Waals surface area contributed by atoms with Crippen molar-refractivity contribution >= 4 is 28.9 Å². The fraction of sp³-hybridized carbons (Fsp3) is 0.188. The van der Waals surface area contributed by atoms with Gasteiger partial charge >= 0.3 is 0 Å². The predicted molar refractivity (Wildman–Crippen MR) is 82.6 cm³/mol. The van der Waals surface area contributed by atoms with E-state index in [1.807, 2.05) is 24.3 Å². The van der Waals surface area contributed by atoms with E-state index in [0.29, 0.717) is 6.54 Å². The van der Waals surface area contributed by atoms with Crippen LogP contribution in [0.1, 0.15) is 16.8 Å². The minimum atomic E-state index is -0.595. The zero-order valence-electron chi connectivity index (χ0n) is 11.3. The molecule has 1 aliphatic heterocycles. The number of carbonyl (C=O) groups is 1. The number of nitrogens with zero attached hydrogens (tertiary/aromatic N) is 1. The molecule has 3 nitrogen and oxygen atoms in total. The molecule has 0 unspecified atom stereocenters. The number of benzene rings is 2. The first-order valence-electron chi connectivity index (χ1n) is 6.77. The summed E-state index contributed by atoms with van der Waals surface area (Å²) in [5, 5.41) is 3.40. The first-order chi connectivity index (χ1) is 10.2. The molecule has 1 aliphatic rings. The normalized spacial score (nSPS) is 14.1. The molecule has 1 heterocycles. The molecular weight excluding hydrogens is 291 g/mol. The highest BCUT2D eigenvalue weighted by Gasteiger charge is 2.25. The summed E-state index contributed by atoms with van der Waals surface area (Å²) in [6.45, 7) is 1.29. The lowest BCUT2D eigenvalue weighted by Gasteiger charge is -2.23. The van der Waals surface area contributed by atoms with Gasteiger partial charge in [0.2, 0.25) is 0 Å². The lowest BCUT2D eigenvalue weighted by molar-refractivity contribution is 0.0983. The van der Waals surface area contributed by atoms with Crippen molar-refractivity contribution in [2.75, 3.05) is 23.3 Å². The molecule has 1 N–H and O–H groups in total. The van der Waals surface area contributed by atoms with Crippen molar-refractivity contribution in [2.24, 2.45) is 0 Å². The van der Waals surface area contributed by atoms with Gasteiger partial charge in [-0.05, 0) is 30.7 Å². The van der Waals surface area contributed by atoms with Gasteiger partial charge in [-0.1, -0.05) is 29.8 Å². The Bertz CT molecular complexity index is 669. The van der Waals surface area contributed by atoms with E-state index in [1.165, 1.54) is 18.2 Å². The molecule has 0 spiro atoms. The van der Waals surface area contributed by atoms with Gasteiger partial charge in [0.25, 0.3) is 5.91 Å². The molecule has 3 rings (SSSR count). The monoisotopic (exact) mass is 304 g/mol. The Balaban J connectivity index is 2.06. The molecular formula is C16H14ClFN2O. The summed E-state index contributed by atoms with van der Waals surface area (Å²) < 4.78 is 14.0. The molecule has 0 saturated heterocycles. The zero-order valence-corrected chi connectivity index (χ0v) is 12.0.